The third kappa shape index (κ3) is 6.01. The Morgan fingerprint density at radius 3 is 2.44 bits per heavy atom. The van der Waals surface area contributed by atoms with Crippen LogP contribution in [0.5, 0.6) is 0 Å². The van der Waals surface area contributed by atoms with Gasteiger partial charge in [-0.25, -0.2) is 0 Å². The maximum atomic E-state index is 13.3. The normalized spacial score (nSPS) is 15.3. The number of aromatic nitrogens is 1. The first-order chi connectivity index (χ1) is 16.6. The second-order valence-electron chi connectivity index (χ2n) is 9.29. The lowest BCUT2D eigenvalue weighted by atomic mass is 10.1. The molecule has 34 heavy (non-hydrogen) atoms. The van der Waals surface area contributed by atoms with Gasteiger partial charge in [-0.05, 0) is 68.1 Å². The zero-order chi connectivity index (χ0) is 23.9. The quantitative estimate of drug-likeness (QED) is 0.411. The number of amides is 1. The van der Waals surface area contributed by atoms with E-state index in [4.69, 9.17) is 11.6 Å². The van der Waals surface area contributed by atoms with Crippen molar-refractivity contribution in [2.24, 2.45) is 0 Å². The number of benzene rings is 2. The number of halogens is 1. The number of hydrogen-bond acceptors (Lipinski definition) is 3. The van der Waals surface area contributed by atoms with Crippen LogP contribution in [0.4, 0.5) is 5.69 Å². The van der Waals surface area contributed by atoms with Gasteiger partial charge in [0, 0.05) is 60.0 Å². The van der Waals surface area contributed by atoms with E-state index in [-0.39, 0.29) is 11.9 Å². The molecule has 2 heterocycles. The number of aryl methyl sites for hydroxylation is 1. The number of rotatable bonds is 10. The van der Waals surface area contributed by atoms with Crippen LogP contribution in [0.25, 0.3) is 10.9 Å². The van der Waals surface area contributed by atoms with Crippen LogP contribution >= 0.6 is 11.6 Å². The number of hydrogen-bond donors (Lipinski definition) is 1. The van der Waals surface area contributed by atoms with Crippen molar-refractivity contribution in [2.75, 3.05) is 44.2 Å². The van der Waals surface area contributed by atoms with Gasteiger partial charge in [0.15, 0.2) is 0 Å². The van der Waals surface area contributed by atoms with Crippen LogP contribution in [0.2, 0.25) is 5.02 Å². The molecule has 2 aromatic carbocycles. The molecule has 0 spiro atoms. The Balaban J connectivity index is 1.26. The maximum Gasteiger partial charge on any atom is 0.241 e. The second-order valence-corrected chi connectivity index (χ2v) is 9.73. The molecule has 1 fully saturated rings. The first-order valence-corrected chi connectivity index (χ1v) is 13.0. The zero-order valence-electron chi connectivity index (χ0n) is 20.5. The van der Waals surface area contributed by atoms with Gasteiger partial charge in [-0.1, -0.05) is 43.6 Å². The van der Waals surface area contributed by atoms with Crippen LogP contribution in [-0.4, -0.2) is 66.0 Å². The summed E-state index contributed by atoms with van der Waals surface area (Å²) >= 11 is 6.19. The number of anilines is 1. The Morgan fingerprint density at radius 2 is 1.74 bits per heavy atom. The smallest absolute Gasteiger partial charge is 0.241 e. The van der Waals surface area contributed by atoms with Gasteiger partial charge in [-0.3, -0.25) is 9.69 Å². The van der Waals surface area contributed by atoms with Gasteiger partial charge in [0.2, 0.25) is 5.91 Å². The first-order valence-electron chi connectivity index (χ1n) is 12.7. The molecule has 0 saturated carbocycles. The standard InChI is InChI=1S/C28H37ClN4O/c1-3-24(4-2)33(25-10-6-5-7-11-25)28(34)21-32-17-15-31(16-18-32)14-8-9-22-20-30-27-13-12-23(29)19-26(22)27/h5-7,10-13,19-20,24,30H,3-4,8-9,14-18,21H2,1-2H3. The minimum atomic E-state index is 0.214. The molecule has 0 radical (unpaired) electrons. The summed E-state index contributed by atoms with van der Waals surface area (Å²) in [5, 5.41) is 2.02. The van der Waals surface area contributed by atoms with Gasteiger partial charge in [0.05, 0.1) is 6.54 Å². The summed E-state index contributed by atoms with van der Waals surface area (Å²) in [5.74, 6) is 0.214. The summed E-state index contributed by atoms with van der Waals surface area (Å²) in [6, 6.07) is 16.4. The first kappa shape index (κ1) is 24.8. The Kier molecular flexibility index (Phi) is 8.65. The highest BCUT2D eigenvalue weighted by Crippen LogP contribution is 2.24. The fraction of sp³-hybridized carbons (Fsp3) is 0.464. The highest BCUT2D eigenvalue weighted by Gasteiger charge is 2.26. The Morgan fingerprint density at radius 1 is 1.03 bits per heavy atom. The highest BCUT2D eigenvalue weighted by atomic mass is 35.5. The topological polar surface area (TPSA) is 42.6 Å². The number of aromatic amines is 1. The maximum absolute atomic E-state index is 13.3. The van der Waals surface area contributed by atoms with E-state index in [1.54, 1.807) is 0 Å². The predicted molar refractivity (Wildman–Crippen MR) is 143 cm³/mol. The van der Waals surface area contributed by atoms with Gasteiger partial charge < -0.3 is 14.8 Å². The Bertz CT molecular complexity index is 1050. The number of piperazine rings is 1. The average Bonchev–Trinajstić information content (AvgIpc) is 3.26. The van der Waals surface area contributed by atoms with Crippen molar-refractivity contribution in [3.8, 4) is 0 Å². The fourth-order valence-corrected chi connectivity index (χ4v) is 5.26. The van der Waals surface area contributed by atoms with Crippen LogP contribution in [0.15, 0.2) is 54.7 Å². The van der Waals surface area contributed by atoms with E-state index in [0.29, 0.717) is 6.54 Å². The third-order valence-electron chi connectivity index (χ3n) is 7.08. The molecule has 182 valence electrons. The number of carbonyl (C=O) groups excluding carboxylic acids is 1. The molecule has 5 nitrogen and oxygen atoms in total. The van der Waals surface area contributed by atoms with Crippen molar-refractivity contribution in [3.05, 3.63) is 65.3 Å². The number of carbonyl (C=O) groups is 1. The lowest BCUT2D eigenvalue weighted by Gasteiger charge is -2.37. The molecule has 0 atom stereocenters. The monoisotopic (exact) mass is 480 g/mol. The van der Waals surface area contributed by atoms with Crippen molar-refractivity contribution < 1.29 is 4.79 Å². The third-order valence-corrected chi connectivity index (χ3v) is 7.32. The predicted octanol–water partition coefficient (Wildman–Crippen LogP) is 5.59. The van der Waals surface area contributed by atoms with Gasteiger partial charge >= 0.3 is 0 Å². The molecule has 1 saturated heterocycles. The lowest BCUT2D eigenvalue weighted by molar-refractivity contribution is -0.120. The molecular formula is C28H37ClN4O. The van der Waals surface area contributed by atoms with Crippen LogP contribution in [0.1, 0.15) is 38.7 Å². The molecule has 0 bridgehead atoms. The molecule has 0 unspecified atom stereocenters. The summed E-state index contributed by atoms with van der Waals surface area (Å²) in [6.07, 6.45) is 6.21. The molecule has 6 heteroatoms. The Labute approximate surface area is 208 Å². The van der Waals surface area contributed by atoms with Gasteiger partial charge in [-0.2, -0.15) is 0 Å². The summed E-state index contributed by atoms with van der Waals surface area (Å²) in [6.45, 7) is 9.84. The number of fused-ring (bicyclic) bond motifs is 1. The van der Waals surface area contributed by atoms with E-state index in [2.05, 4.69) is 53.0 Å². The number of H-pyrrole nitrogens is 1. The van der Waals surface area contributed by atoms with Gasteiger partial charge in [-0.15, -0.1) is 0 Å². The molecule has 1 N–H and O–H groups in total. The van der Waals surface area contributed by atoms with Crippen LogP contribution in [-0.2, 0) is 11.2 Å². The second kappa shape index (κ2) is 11.9. The van der Waals surface area contributed by atoms with E-state index >= 15 is 0 Å². The molecule has 3 aromatic rings. The molecular weight excluding hydrogens is 444 g/mol. The average molecular weight is 481 g/mol. The molecule has 1 aliphatic heterocycles. The number of nitrogens with one attached hydrogen (secondary N) is 1. The van der Waals surface area contributed by atoms with Crippen molar-refractivity contribution >= 4 is 34.1 Å². The van der Waals surface area contributed by atoms with E-state index in [1.807, 2.05) is 35.2 Å². The Hall–Kier alpha value is -2.34. The van der Waals surface area contributed by atoms with Crippen molar-refractivity contribution in [1.29, 1.82) is 0 Å². The lowest BCUT2D eigenvalue weighted by Crippen LogP contribution is -2.51. The van der Waals surface area contributed by atoms with Crippen LogP contribution < -0.4 is 4.90 Å². The van der Waals surface area contributed by atoms with Gasteiger partial charge in [0.1, 0.15) is 0 Å². The van der Waals surface area contributed by atoms with Crippen molar-refractivity contribution in [2.45, 2.75) is 45.6 Å². The van der Waals surface area contributed by atoms with Crippen molar-refractivity contribution in [3.63, 3.8) is 0 Å². The molecule has 1 aliphatic rings. The molecule has 4 rings (SSSR count). The van der Waals surface area contributed by atoms with Crippen LogP contribution in [0, 0.1) is 0 Å². The molecule has 0 aliphatic carbocycles. The van der Waals surface area contributed by atoms with E-state index < -0.39 is 0 Å². The van der Waals surface area contributed by atoms with E-state index in [0.717, 1.165) is 74.6 Å². The fourth-order valence-electron chi connectivity index (χ4n) is 5.09. The van der Waals surface area contributed by atoms with Crippen molar-refractivity contribution in [1.82, 2.24) is 14.8 Å². The summed E-state index contributed by atoms with van der Waals surface area (Å²) < 4.78 is 0. The summed E-state index contributed by atoms with van der Waals surface area (Å²) in [5.41, 5.74) is 3.50. The largest absolute Gasteiger partial charge is 0.361 e. The number of nitrogens with zero attached hydrogens (tertiary/aromatic N) is 3. The van der Waals surface area contributed by atoms with E-state index in [1.165, 1.54) is 10.9 Å². The SMILES string of the molecule is CCC(CC)N(C(=O)CN1CCN(CCCc2c[nH]c3ccc(Cl)cc23)CC1)c1ccccc1. The summed E-state index contributed by atoms with van der Waals surface area (Å²) in [4.78, 5) is 23.6. The molecule has 1 aromatic heterocycles. The van der Waals surface area contributed by atoms with Crippen LogP contribution in [0.3, 0.4) is 0 Å². The summed E-state index contributed by atoms with van der Waals surface area (Å²) in [7, 11) is 0. The zero-order valence-corrected chi connectivity index (χ0v) is 21.2. The van der Waals surface area contributed by atoms with Gasteiger partial charge in [0.25, 0.3) is 0 Å². The highest BCUT2D eigenvalue weighted by molar-refractivity contribution is 6.31. The molecule has 1 amide bonds. The number of para-hydroxylation sites is 1. The minimum absolute atomic E-state index is 0.214. The van der Waals surface area contributed by atoms with E-state index in [9.17, 15) is 4.79 Å². The minimum Gasteiger partial charge on any atom is -0.361 e.